The Bertz CT molecular complexity index is 1030. The molecule has 0 bridgehead atoms. The molecule has 2 aromatic rings. The van der Waals surface area contributed by atoms with Crippen LogP contribution in [0.15, 0.2) is 47.5 Å². The predicted octanol–water partition coefficient (Wildman–Crippen LogP) is 4.88. The van der Waals surface area contributed by atoms with Gasteiger partial charge in [-0.05, 0) is 74.7 Å². The molecule has 1 aliphatic heterocycles. The lowest BCUT2D eigenvalue weighted by molar-refractivity contribution is -0.128. The van der Waals surface area contributed by atoms with Crippen molar-refractivity contribution in [1.29, 1.82) is 0 Å². The molecule has 1 saturated heterocycles. The number of benzene rings is 2. The third-order valence-electron chi connectivity index (χ3n) is 5.13. The number of hydrogen-bond donors (Lipinski definition) is 1. The van der Waals surface area contributed by atoms with Crippen molar-refractivity contribution >= 4 is 45.9 Å². The van der Waals surface area contributed by atoms with Gasteiger partial charge in [0.15, 0.2) is 11.0 Å². The second-order valence-corrected chi connectivity index (χ2v) is 8.82. The van der Waals surface area contributed by atoms with Crippen molar-refractivity contribution < 1.29 is 14.4 Å². The molecular formula is C24H27N3O3S. The van der Waals surface area contributed by atoms with Crippen LogP contribution in [-0.4, -0.2) is 39.5 Å². The molecule has 162 valence electrons. The smallest absolute Gasteiger partial charge is 0.242 e. The van der Waals surface area contributed by atoms with Gasteiger partial charge in [0.05, 0.1) is 5.69 Å². The molecule has 7 heteroatoms. The van der Waals surface area contributed by atoms with Crippen molar-refractivity contribution in [1.82, 2.24) is 4.90 Å². The van der Waals surface area contributed by atoms with Gasteiger partial charge in [0.1, 0.15) is 5.25 Å². The fourth-order valence-electron chi connectivity index (χ4n) is 3.23. The number of nitrogens with zero attached hydrogens (tertiary/aromatic N) is 2. The summed E-state index contributed by atoms with van der Waals surface area (Å²) in [6.45, 7) is 8.16. The highest BCUT2D eigenvalue weighted by Gasteiger charge is 2.38. The van der Waals surface area contributed by atoms with Gasteiger partial charge in [0.2, 0.25) is 11.8 Å². The number of aliphatic imine (C=N–C) groups is 1. The average molecular weight is 438 g/mol. The normalized spacial score (nSPS) is 17.3. The minimum atomic E-state index is -0.506. The standard InChI is InChI=1S/C24H27N3O3S/c1-5-12-27-23(30)21(31-24(27)26-20-9-6-15(2)16(3)13-20)14-22(29)25-19-10-7-18(8-11-19)17(4)28/h6-11,13,21H,5,12,14H2,1-4H3,(H,25,29). The van der Waals surface area contributed by atoms with E-state index in [9.17, 15) is 14.4 Å². The number of amidine groups is 1. The van der Waals surface area contributed by atoms with Crippen LogP contribution >= 0.6 is 11.8 Å². The Labute approximate surface area is 187 Å². The molecule has 0 spiro atoms. The largest absolute Gasteiger partial charge is 0.326 e. The molecule has 1 unspecified atom stereocenters. The number of aryl methyl sites for hydroxylation is 2. The first-order valence-electron chi connectivity index (χ1n) is 10.3. The minimum Gasteiger partial charge on any atom is -0.326 e. The number of carbonyl (C=O) groups is 3. The van der Waals surface area contributed by atoms with Crippen LogP contribution in [0.1, 0.15) is 48.2 Å². The Kier molecular flexibility index (Phi) is 7.28. The number of ketones is 1. The Morgan fingerprint density at radius 1 is 1.10 bits per heavy atom. The maximum absolute atomic E-state index is 12.9. The van der Waals surface area contributed by atoms with E-state index in [-0.39, 0.29) is 24.0 Å². The fourth-order valence-corrected chi connectivity index (χ4v) is 4.41. The third kappa shape index (κ3) is 5.61. The van der Waals surface area contributed by atoms with Crippen molar-refractivity contribution in [3.05, 3.63) is 59.2 Å². The van der Waals surface area contributed by atoms with Gasteiger partial charge >= 0.3 is 0 Å². The highest BCUT2D eigenvalue weighted by Crippen LogP contribution is 2.32. The zero-order valence-corrected chi connectivity index (χ0v) is 19.1. The molecule has 0 radical (unpaired) electrons. The first-order chi connectivity index (χ1) is 14.8. The van der Waals surface area contributed by atoms with Crippen LogP contribution in [0.4, 0.5) is 11.4 Å². The number of anilines is 1. The summed E-state index contributed by atoms with van der Waals surface area (Å²) in [7, 11) is 0. The monoisotopic (exact) mass is 437 g/mol. The van der Waals surface area contributed by atoms with E-state index in [1.807, 2.05) is 39.0 Å². The van der Waals surface area contributed by atoms with E-state index in [0.29, 0.717) is 23.0 Å². The van der Waals surface area contributed by atoms with Gasteiger partial charge in [0.25, 0.3) is 0 Å². The van der Waals surface area contributed by atoms with E-state index in [4.69, 9.17) is 4.99 Å². The summed E-state index contributed by atoms with van der Waals surface area (Å²) in [5, 5.41) is 2.94. The van der Waals surface area contributed by atoms with Crippen molar-refractivity contribution in [2.45, 2.75) is 45.8 Å². The lowest BCUT2D eigenvalue weighted by atomic mass is 10.1. The second-order valence-electron chi connectivity index (χ2n) is 7.65. The van der Waals surface area contributed by atoms with Gasteiger partial charge in [-0.2, -0.15) is 0 Å². The molecule has 2 amide bonds. The van der Waals surface area contributed by atoms with Gasteiger partial charge in [-0.1, -0.05) is 24.8 Å². The van der Waals surface area contributed by atoms with Crippen molar-refractivity contribution in [3.8, 4) is 0 Å². The molecule has 2 aromatic carbocycles. The van der Waals surface area contributed by atoms with E-state index >= 15 is 0 Å². The van der Waals surface area contributed by atoms with E-state index in [0.717, 1.165) is 17.7 Å². The minimum absolute atomic E-state index is 0.0302. The number of nitrogens with one attached hydrogen (secondary N) is 1. The summed E-state index contributed by atoms with van der Waals surface area (Å²) in [6.07, 6.45) is 0.865. The number of rotatable bonds is 7. The Morgan fingerprint density at radius 3 is 2.42 bits per heavy atom. The summed E-state index contributed by atoms with van der Waals surface area (Å²) in [5.41, 5.74) is 4.32. The Hall–Kier alpha value is -2.93. The van der Waals surface area contributed by atoms with Crippen LogP contribution in [0, 0.1) is 13.8 Å². The van der Waals surface area contributed by atoms with E-state index < -0.39 is 5.25 Å². The summed E-state index contributed by atoms with van der Waals surface area (Å²) in [5.74, 6) is -0.362. The first kappa shape index (κ1) is 22.7. The fraction of sp³-hybridized carbons (Fsp3) is 0.333. The quantitative estimate of drug-likeness (QED) is 0.627. The molecule has 3 rings (SSSR count). The topological polar surface area (TPSA) is 78.8 Å². The van der Waals surface area contributed by atoms with Gasteiger partial charge < -0.3 is 5.32 Å². The van der Waals surface area contributed by atoms with Crippen molar-refractivity contribution in [2.24, 2.45) is 4.99 Å². The Balaban J connectivity index is 1.71. The molecular weight excluding hydrogens is 410 g/mol. The summed E-state index contributed by atoms with van der Waals surface area (Å²) in [6, 6.07) is 12.7. The van der Waals surface area contributed by atoms with E-state index in [1.54, 1.807) is 29.2 Å². The van der Waals surface area contributed by atoms with Gasteiger partial charge in [-0.15, -0.1) is 0 Å². The summed E-state index contributed by atoms with van der Waals surface area (Å²) >= 11 is 1.34. The van der Waals surface area contributed by atoms with Crippen LogP contribution in [-0.2, 0) is 9.59 Å². The SMILES string of the molecule is CCCN1C(=O)C(CC(=O)Nc2ccc(C(C)=O)cc2)SC1=Nc1ccc(C)c(C)c1. The van der Waals surface area contributed by atoms with Gasteiger partial charge in [0, 0.05) is 24.2 Å². The number of hydrogen-bond acceptors (Lipinski definition) is 5. The summed E-state index contributed by atoms with van der Waals surface area (Å²) in [4.78, 5) is 43.2. The van der Waals surface area contributed by atoms with Crippen LogP contribution in [0.3, 0.4) is 0 Å². The van der Waals surface area contributed by atoms with Gasteiger partial charge in [-0.3, -0.25) is 19.3 Å². The lowest BCUT2D eigenvalue weighted by Crippen LogP contribution is -2.34. The molecule has 1 atom stereocenters. The van der Waals surface area contributed by atoms with Crippen LogP contribution in [0.2, 0.25) is 0 Å². The number of amides is 2. The maximum atomic E-state index is 12.9. The van der Waals surface area contributed by atoms with Crippen LogP contribution in [0.5, 0.6) is 0 Å². The molecule has 0 aromatic heterocycles. The van der Waals surface area contributed by atoms with Crippen LogP contribution in [0.25, 0.3) is 0 Å². The number of Topliss-reactive ketones (excluding diaryl/α,β-unsaturated/α-hetero) is 1. The molecule has 31 heavy (non-hydrogen) atoms. The highest BCUT2D eigenvalue weighted by atomic mass is 32.2. The van der Waals surface area contributed by atoms with E-state index in [2.05, 4.69) is 5.32 Å². The number of thioether (sulfide) groups is 1. The van der Waals surface area contributed by atoms with Crippen LogP contribution < -0.4 is 5.32 Å². The molecule has 0 aliphatic carbocycles. The molecule has 1 aliphatic rings. The molecule has 1 heterocycles. The lowest BCUT2D eigenvalue weighted by Gasteiger charge is -2.15. The second kappa shape index (κ2) is 9.92. The molecule has 0 saturated carbocycles. The first-order valence-corrected chi connectivity index (χ1v) is 11.2. The van der Waals surface area contributed by atoms with Crippen molar-refractivity contribution in [3.63, 3.8) is 0 Å². The zero-order chi connectivity index (χ0) is 22.5. The number of carbonyl (C=O) groups excluding carboxylic acids is 3. The average Bonchev–Trinajstić information content (AvgIpc) is 3.00. The zero-order valence-electron chi connectivity index (χ0n) is 18.3. The summed E-state index contributed by atoms with van der Waals surface area (Å²) < 4.78 is 0. The highest BCUT2D eigenvalue weighted by molar-refractivity contribution is 8.15. The third-order valence-corrected chi connectivity index (χ3v) is 6.30. The maximum Gasteiger partial charge on any atom is 0.242 e. The molecule has 1 fully saturated rings. The molecule has 1 N–H and O–H groups in total. The predicted molar refractivity (Wildman–Crippen MR) is 126 cm³/mol. The van der Waals surface area contributed by atoms with Crippen molar-refractivity contribution in [2.75, 3.05) is 11.9 Å². The molecule has 6 nitrogen and oxygen atoms in total. The Morgan fingerprint density at radius 2 is 1.81 bits per heavy atom. The van der Waals surface area contributed by atoms with Gasteiger partial charge in [-0.25, -0.2) is 4.99 Å². The van der Waals surface area contributed by atoms with E-state index in [1.165, 1.54) is 24.2 Å².